The summed E-state index contributed by atoms with van der Waals surface area (Å²) in [6, 6.07) is 11.6. The van der Waals surface area contributed by atoms with E-state index in [4.69, 9.17) is 4.52 Å². The average Bonchev–Trinajstić information content (AvgIpc) is 2.81. The molecular formula is C21H29N3O. The molecule has 1 aromatic heterocycles. The first-order valence-corrected chi connectivity index (χ1v) is 9.61. The van der Waals surface area contributed by atoms with Gasteiger partial charge in [-0.2, -0.15) is 0 Å². The van der Waals surface area contributed by atoms with E-state index in [1.54, 1.807) is 0 Å². The second-order valence-electron chi connectivity index (χ2n) is 7.82. The summed E-state index contributed by atoms with van der Waals surface area (Å²) in [4.78, 5) is 5.38. The Kier molecular flexibility index (Phi) is 4.91. The summed E-state index contributed by atoms with van der Waals surface area (Å²) in [6.45, 7) is 9.91. The number of nitrogens with zero attached hydrogens (tertiary/aromatic N) is 3. The van der Waals surface area contributed by atoms with E-state index < -0.39 is 0 Å². The first kappa shape index (κ1) is 16.8. The minimum atomic E-state index is 0.697. The van der Waals surface area contributed by atoms with Gasteiger partial charge in [0.15, 0.2) is 0 Å². The molecule has 3 saturated heterocycles. The van der Waals surface area contributed by atoms with E-state index in [0.29, 0.717) is 6.04 Å². The Morgan fingerprint density at radius 3 is 2.68 bits per heavy atom. The predicted octanol–water partition coefficient (Wildman–Crippen LogP) is 3.43. The van der Waals surface area contributed by atoms with Crippen molar-refractivity contribution in [1.29, 1.82) is 0 Å². The Balaban J connectivity index is 1.40. The largest absolute Gasteiger partial charge is 0.361 e. The maximum Gasteiger partial charge on any atom is 0.138 e. The van der Waals surface area contributed by atoms with Crippen molar-refractivity contribution >= 4 is 0 Å². The third-order valence-corrected chi connectivity index (χ3v) is 6.00. The fourth-order valence-corrected chi connectivity index (χ4v) is 4.55. The van der Waals surface area contributed by atoms with Gasteiger partial charge < -0.3 is 4.52 Å². The van der Waals surface area contributed by atoms with Gasteiger partial charge in [-0.25, -0.2) is 0 Å². The van der Waals surface area contributed by atoms with E-state index in [-0.39, 0.29) is 0 Å². The summed E-state index contributed by atoms with van der Waals surface area (Å²) in [5.74, 6) is 1.78. The van der Waals surface area contributed by atoms with E-state index >= 15 is 0 Å². The van der Waals surface area contributed by atoms with Crippen LogP contribution in [0, 0.1) is 19.8 Å². The van der Waals surface area contributed by atoms with Gasteiger partial charge in [-0.1, -0.05) is 35.5 Å². The van der Waals surface area contributed by atoms with Crippen molar-refractivity contribution in [1.82, 2.24) is 15.0 Å². The Bertz CT molecular complexity index is 677. The number of piperidine rings is 1. The molecule has 2 atom stereocenters. The molecule has 3 aliphatic rings. The van der Waals surface area contributed by atoms with Crippen LogP contribution >= 0.6 is 0 Å². The summed E-state index contributed by atoms with van der Waals surface area (Å²) < 4.78 is 5.36. The standard InChI is InChI=1S/C21H29N3O/c1-16-21(17(2)25-22-16)15-23-12-19-8-9-20(14-23)24(13-19)11-10-18-6-4-3-5-7-18/h3-7,19-20H,8-15H2,1-2H3/t19-,20+/m0/s1. The zero-order valence-electron chi connectivity index (χ0n) is 15.4. The van der Waals surface area contributed by atoms with Crippen LogP contribution in [-0.4, -0.2) is 47.2 Å². The highest BCUT2D eigenvalue weighted by atomic mass is 16.5. The highest BCUT2D eigenvalue weighted by Crippen LogP contribution is 2.29. The highest BCUT2D eigenvalue weighted by Gasteiger charge is 2.34. The number of aryl methyl sites for hydroxylation is 2. The summed E-state index contributed by atoms with van der Waals surface area (Å²) >= 11 is 0. The normalized spacial score (nSPS) is 24.6. The molecule has 134 valence electrons. The van der Waals surface area contributed by atoms with Crippen molar-refractivity contribution in [3.05, 3.63) is 52.9 Å². The first-order valence-electron chi connectivity index (χ1n) is 9.61. The van der Waals surface area contributed by atoms with Crippen molar-refractivity contribution in [2.24, 2.45) is 5.92 Å². The van der Waals surface area contributed by atoms with Crippen molar-refractivity contribution in [3.63, 3.8) is 0 Å². The quantitative estimate of drug-likeness (QED) is 0.835. The number of hydrogen-bond donors (Lipinski definition) is 0. The SMILES string of the molecule is Cc1noc(C)c1CN1C[C@@H]2CC[C@H](C1)N(CCc1ccccc1)C2. The molecule has 2 bridgehead atoms. The lowest BCUT2D eigenvalue weighted by Crippen LogP contribution is -2.44. The van der Waals surface area contributed by atoms with Crippen LogP contribution < -0.4 is 0 Å². The van der Waals surface area contributed by atoms with Crippen molar-refractivity contribution < 1.29 is 4.52 Å². The van der Waals surface area contributed by atoms with Crippen LogP contribution in [0.15, 0.2) is 34.9 Å². The molecule has 0 saturated carbocycles. The van der Waals surface area contributed by atoms with Crippen LogP contribution in [0.1, 0.15) is 35.4 Å². The third-order valence-electron chi connectivity index (χ3n) is 6.00. The Labute approximate surface area is 150 Å². The lowest BCUT2D eigenvalue weighted by atomic mass is 9.94. The predicted molar refractivity (Wildman–Crippen MR) is 99.5 cm³/mol. The van der Waals surface area contributed by atoms with Crippen LogP contribution in [0.3, 0.4) is 0 Å². The molecule has 5 rings (SSSR count). The molecule has 3 aliphatic heterocycles. The van der Waals surface area contributed by atoms with Crippen LogP contribution in [0.25, 0.3) is 0 Å². The molecule has 4 heteroatoms. The highest BCUT2D eigenvalue weighted by molar-refractivity contribution is 5.20. The molecular weight excluding hydrogens is 310 g/mol. The zero-order valence-corrected chi connectivity index (χ0v) is 15.4. The lowest BCUT2D eigenvalue weighted by molar-refractivity contribution is 0.132. The van der Waals surface area contributed by atoms with Gasteiger partial charge in [0.05, 0.1) is 5.69 Å². The van der Waals surface area contributed by atoms with Gasteiger partial charge in [-0.3, -0.25) is 9.80 Å². The van der Waals surface area contributed by atoms with Crippen molar-refractivity contribution in [2.75, 3.05) is 26.2 Å². The smallest absolute Gasteiger partial charge is 0.138 e. The van der Waals surface area contributed by atoms with Gasteiger partial charge in [0.2, 0.25) is 0 Å². The average molecular weight is 339 g/mol. The number of hydrogen-bond acceptors (Lipinski definition) is 4. The summed E-state index contributed by atoms with van der Waals surface area (Å²) in [5, 5.41) is 4.12. The fraction of sp³-hybridized carbons (Fsp3) is 0.571. The number of fused-ring (bicyclic) bond motifs is 4. The molecule has 25 heavy (non-hydrogen) atoms. The van der Waals surface area contributed by atoms with Gasteiger partial charge in [-0.05, 0) is 44.6 Å². The molecule has 2 aromatic rings. The van der Waals surface area contributed by atoms with Crippen LogP contribution in [0.5, 0.6) is 0 Å². The third kappa shape index (κ3) is 3.80. The van der Waals surface area contributed by atoms with Gasteiger partial charge in [-0.15, -0.1) is 0 Å². The summed E-state index contributed by atoms with van der Waals surface area (Å²) in [5.41, 5.74) is 3.79. The molecule has 1 aromatic carbocycles. The fourth-order valence-electron chi connectivity index (χ4n) is 4.55. The second kappa shape index (κ2) is 7.30. The molecule has 3 fully saturated rings. The molecule has 0 N–H and O–H groups in total. The number of benzene rings is 1. The van der Waals surface area contributed by atoms with Gasteiger partial charge in [0.25, 0.3) is 0 Å². The van der Waals surface area contributed by atoms with E-state index in [2.05, 4.69) is 52.2 Å². The second-order valence-corrected chi connectivity index (χ2v) is 7.82. The molecule has 0 radical (unpaired) electrons. The molecule has 4 heterocycles. The molecule has 0 unspecified atom stereocenters. The van der Waals surface area contributed by atoms with Gasteiger partial charge >= 0.3 is 0 Å². The molecule has 0 amide bonds. The number of aromatic nitrogens is 1. The zero-order chi connectivity index (χ0) is 17.2. The monoisotopic (exact) mass is 339 g/mol. The van der Waals surface area contributed by atoms with Crippen molar-refractivity contribution in [2.45, 2.75) is 45.7 Å². The van der Waals surface area contributed by atoms with E-state index in [9.17, 15) is 0 Å². The van der Waals surface area contributed by atoms with Crippen molar-refractivity contribution in [3.8, 4) is 0 Å². The maximum absolute atomic E-state index is 5.36. The molecule has 0 spiro atoms. The summed E-state index contributed by atoms with van der Waals surface area (Å²) in [7, 11) is 0. The van der Waals surface area contributed by atoms with Crippen LogP contribution in [-0.2, 0) is 13.0 Å². The molecule has 4 nitrogen and oxygen atoms in total. The number of rotatable bonds is 5. The minimum absolute atomic E-state index is 0.697. The Hall–Kier alpha value is -1.65. The van der Waals surface area contributed by atoms with Crippen LogP contribution in [0.2, 0.25) is 0 Å². The first-order chi connectivity index (χ1) is 12.2. The Morgan fingerprint density at radius 1 is 1.08 bits per heavy atom. The molecule has 0 aliphatic carbocycles. The van der Waals surface area contributed by atoms with Gasteiger partial charge in [0, 0.05) is 44.3 Å². The Morgan fingerprint density at radius 2 is 1.92 bits per heavy atom. The topological polar surface area (TPSA) is 32.5 Å². The van der Waals surface area contributed by atoms with E-state index in [1.165, 1.54) is 50.1 Å². The minimum Gasteiger partial charge on any atom is -0.361 e. The van der Waals surface area contributed by atoms with E-state index in [0.717, 1.165) is 30.3 Å². The lowest BCUT2D eigenvalue weighted by Gasteiger charge is -2.36. The maximum atomic E-state index is 5.36. The van der Waals surface area contributed by atoms with E-state index in [1.807, 2.05) is 6.92 Å². The van der Waals surface area contributed by atoms with Crippen LogP contribution in [0.4, 0.5) is 0 Å². The summed E-state index contributed by atoms with van der Waals surface area (Å²) in [6.07, 6.45) is 3.89. The van der Waals surface area contributed by atoms with Gasteiger partial charge in [0.1, 0.15) is 5.76 Å².